The number of amides is 1. The van der Waals surface area contributed by atoms with E-state index in [0.717, 1.165) is 45.8 Å². The molecule has 3 rings (SSSR count). The molecule has 0 spiro atoms. The van der Waals surface area contributed by atoms with Gasteiger partial charge in [-0.2, -0.15) is 0 Å². The maximum atomic E-state index is 12.9. The molecular weight excluding hydrogens is 276 g/mol. The molecule has 3 aliphatic rings. The molecule has 1 saturated carbocycles. The van der Waals surface area contributed by atoms with E-state index >= 15 is 0 Å². The lowest BCUT2D eigenvalue weighted by Gasteiger charge is -2.48. The third-order valence-electron chi connectivity index (χ3n) is 6.25. The predicted molar refractivity (Wildman–Crippen MR) is 87.7 cm³/mol. The van der Waals surface area contributed by atoms with Gasteiger partial charge in [-0.05, 0) is 24.7 Å². The molecule has 4 heteroatoms. The van der Waals surface area contributed by atoms with Crippen molar-refractivity contribution in [1.29, 1.82) is 0 Å². The van der Waals surface area contributed by atoms with Crippen molar-refractivity contribution in [2.45, 2.75) is 52.0 Å². The molecule has 0 N–H and O–H groups in total. The van der Waals surface area contributed by atoms with Crippen LogP contribution in [0.5, 0.6) is 0 Å². The average Bonchev–Trinajstić information content (AvgIpc) is 2.53. The third-order valence-corrected chi connectivity index (χ3v) is 6.25. The largest absolute Gasteiger partial charge is 0.379 e. The first-order valence-electron chi connectivity index (χ1n) is 9.31. The standard InChI is InChI=1S/C18H32N2O2/c1-3-14(2)16-6-4-5-7-17(16)18(21)20-12-15(13-20)19-8-10-22-11-9-19/h14-17H,3-13H2,1-2H3. The molecule has 4 nitrogen and oxygen atoms in total. The molecule has 3 atom stereocenters. The molecule has 2 aliphatic heterocycles. The Hall–Kier alpha value is -0.610. The fraction of sp³-hybridized carbons (Fsp3) is 0.944. The summed E-state index contributed by atoms with van der Waals surface area (Å²) in [6, 6.07) is 0.582. The van der Waals surface area contributed by atoms with Crippen LogP contribution in [0.3, 0.4) is 0 Å². The minimum Gasteiger partial charge on any atom is -0.379 e. The zero-order chi connectivity index (χ0) is 15.5. The first-order valence-corrected chi connectivity index (χ1v) is 9.31. The maximum absolute atomic E-state index is 12.9. The maximum Gasteiger partial charge on any atom is 0.226 e. The zero-order valence-corrected chi connectivity index (χ0v) is 14.3. The van der Waals surface area contributed by atoms with Crippen molar-refractivity contribution in [3.8, 4) is 0 Å². The Morgan fingerprint density at radius 1 is 1.18 bits per heavy atom. The number of nitrogens with zero attached hydrogens (tertiary/aromatic N) is 2. The number of morpholine rings is 1. The van der Waals surface area contributed by atoms with Gasteiger partial charge in [-0.3, -0.25) is 9.69 Å². The molecule has 1 amide bonds. The van der Waals surface area contributed by atoms with E-state index in [1.54, 1.807) is 0 Å². The molecular formula is C18H32N2O2. The fourth-order valence-electron chi connectivity index (χ4n) is 4.49. The van der Waals surface area contributed by atoms with Crippen LogP contribution in [0.25, 0.3) is 0 Å². The van der Waals surface area contributed by atoms with E-state index in [1.807, 2.05) is 0 Å². The Labute approximate surface area is 135 Å². The molecule has 22 heavy (non-hydrogen) atoms. The van der Waals surface area contributed by atoms with Crippen molar-refractivity contribution < 1.29 is 9.53 Å². The Bertz CT molecular complexity index is 375. The predicted octanol–water partition coefficient (Wildman–Crippen LogP) is 2.38. The monoisotopic (exact) mass is 308 g/mol. The van der Waals surface area contributed by atoms with E-state index in [-0.39, 0.29) is 0 Å². The second-order valence-corrected chi connectivity index (χ2v) is 7.49. The van der Waals surface area contributed by atoms with Crippen molar-refractivity contribution in [1.82, 2.24) is 9.80 Å². The molecule has 126 valence electrons. The summed E-state index contributed by atoms with van der Waals surface area (Å²) >= 11 is 0. The van der Waals surface area contributed by atoms with Crippen LogP contribution in [0, 0.1) is 17.8 Å². The van der Waals surface area contributed by atoms with Crippen LogP contribution in [-0.2, 0) is 9.53 Å². The molecule has 1 aliphatic carbocycles. The van der Waals surface area contributed by atoms with Gasteiger partial charge in [0.05, 0.1) is 13.2 Å². The normalized spacial score (nSPS) is 32.5. The van der Waals surface area contributed by atoms with Crippen molar-refractivity contribution in [2.75, 3.05) is 39.4 Å². The van der Waals surface area contributed by atoms with Gasteiger partial charge in [0.1, 0.15) is 0 Å². The summed E-state index contributed by atoms with van der Waals surface area (Å²) in [6.07, 6.45) is 6.13. The quantitative estimate of drug-likeness (QED) is 0.799. The number of carbonyl (C=O) groups excluding carboxylic acids is 1. The second-order valence-electron chi connectivity index (χ2n) is 7.49. The summed E-state index contributed by atoms with van der Waals surface area (Å²) < 4.78 is 5.42. The van der Waals surface area contributed by atoms with Crippen molar-refractivity contribution in [3.05, 3.63) is 0 Å². The van der Waals surface area contributed by atoms with Gasteiger partial charge in [-0.25, -0.2) is 0 Å². The van der Waals surface area contributed by atoms with Crippen molar-refractivity contribution in [2.24, 2.45) is 17.8 Å². The topological polar surface area (TPSA) is 32.8 Å². The van der Waals surface area contributed by atoms with E-state index < -0.39 is 0 Å². The summed E-state index contributed by atoms with van der Waals surface area (Å²) in [5.41, 5.74) is 0. The van der Waals surface area contributed by atoms with Crippen LogP contribution in [-0.4, -0.2) is 61.1 Å². The van der Waals surface area contributed by atoms with Gasteiger partial charge in [0.2, 0.25) is 5.91 Å². The fourth-order valence-corrected chi connectivity index (χ4v) is 4.49. The molecule has 3 unspecified atom stereocenters. The van der Waals surface area contributed by atoms with Crippen LogP contribution in [0.1, 0.15) is 46.0 Å². The molecule has 2 saturated heterocycles. The Kier molecular flexibility index (Phi) is 5.40. The van der Waals surface area contributed by atoms with Crippen LogP contribution >= 0.6 is 0 Å². The second kappa shape index (κ2) is 7.31. The van der Waals surface area contributed by atoms with Gasteiger partial charge >= 0.3 is 0 Å². The van der Waals surface area contributed by atoms with Crippen LogP contribution in [0.4, 0.5) is 0 Å². The number of likely N-dealkylation sites (tertiary alicyclic amines) is 1. The summed E-state index contributed by atoms with van der Waals surface area (Å²) in [4.78, 5) is 17.6. The van der Waals surface area contributed by atoms with E-state index in [4.69, 9.17) is 4.74 Å². The van der Waals surface area contributed by atoms with E-state index in [9.17, 15) is 4.79 Å². The van der Waals surface area contributed by atoms with E-state index in [1.165, 1.54) is 25.7 Å². The molecule has 3 fully saturated rings. The average molecular weight is 308 g/mol. The lowest BCUT2D eigenvalue weighted by Crippen LogP contribution is -2.64. The highest BCUT2D eigenvalue weighted by Gasteiger charge is 2.41. The molecule has 2 heterocycles. The van der Waals surface area contributed by atoms with Gasteiger partial charge in [-0.1, -0.05) is 33.1 Å². The van der Waals surface area contributed by atoms with Crippen LogP contribution in [0.15, 0.2) is 0 Å². The van der Waals surface area contributed by atoms with Crippen molar-refractivity contribution >= 4 is 5.91 Å². The number of carbonyl (C=O) groups is 1. The lowest BCUT2D eigenvalue weighted by molar-refractivity contribution is -0.148. The minimum atomic E-state index is 0.300. The van der Waals surface area contributed by atoms with Gasteiger partial charge in [-0.15, -0.1) is 0 Å². The Morgan fingerprint density at radius 2 is 1.86 bits per heavy atom. The highest BCUT2D eigenvalue weighted by atomic mass is 16.5. The van der Waals surface area contributed by atoms with Crippen molar-refractivity contribution in [3.63, 3.8) is 0 Å². The Balaban J connectivity index is 1.53. The molecule has 0 radical (unpaired) electrons. The first-order chi connectivity index (χ1) is 10.7. The minimum absolute atomic E-state index is 0.300. The summed E-state index contributed by atoms with van der Waals surface area (Å²) in [6.45, 7) is 10.3. The van der Waals surface area contributed by atoms with Gasteiger partial charge in [0.15, 0.2) is 0 Å². The van der Waals surface area contributed by atoms with Gasteiger partial charge in [0, 0.05) is 38.1 Å². The smallest absolute Gasteiger partial charge is 0.226 e. The highest BCUT2D eigenvalue weighted by Crippen LogP contribution is 2.38. The van der Waals surface area contributed by atoms with E-state index in [2.05, 4.69) is 23.6 Å². The number of hydrogen-bond acceptors (Lipinski definition) is 3. The van der Waals surface area contributed by atoms with Gasteiger partial charge in [0.25, 0.3) is 0 Å². The van der Waals surface area contributed by atoms with E-state index in [0.29, 0.717) is 29.7 Å². The Morgan fingerprint density at radius 3 is 2.55 bits per heavy atom. The molecule has 0 aromatic rings. The summed E-state index contributed by atoms with van der Waals surface area (Å²) in [5.74, 6) is 2.06. The number of rotatable bonds is 4. The summed E-state index contributed by atoms with van der Waals surface area (Å²) in [7, 11) is 0. The number of ether oxygens (including phenoxy) is 1. The molecule has 0 aromatic carbocycles. The zero-order valence-electron chi connectivity index (χ0n) is 14.3. The third kappa shape index (κ3) is 3.33. The highest BCUT2D eigenvalue weighted by molar-refractivity contribution is 5.80. The van der Waals surface area contributed by atoms with Gasteiger partial charge < -0.3 is 9.64 Å². The van der Waals surface area contributed by atoms with Crippen LogP contribution in [0.2, 0.25) is 0 Å². The summed E-state index contributed by atoms with van der Waals surface area (Å²) in [5, 5.41) is 0. The van der Waals surface area contributed by atoms with Crippen LogP contribution < -0.4 is 0 Å². The molecule has 0 aromatic heterocycles. The SMILES string of the molecule is CCC(C)C1CCCCC1C(=O)N1CC(N2CCOCC2)C1. The lowest BCUT2D eigenvalue weighted by atomic mass is 9.71. The molecule has 0 bridgehead atoms. The number of hydrogen-bond donors (Lipinski definition) is 0. The first kappa shape index (κ1) is 16.3.